The van der Waals surface area contributed by atoms with Gasteiger partial charge in [0, 0.05) is 30.3 Å². The van der Waals surface area contributed by atoms with Crippen LogP contribution in [0.5, 0.6) is 0 Å². The maximum atomic E-state index is 5.32. The van der Waals surface area contributed by atoms with Gasteiger partial charge in [0.15, 0.2) is 5.16 Å². The number of nitrogens with zero attached hydrogens (tertiary/aromatic N) is 3. The van der Waals surface area contributed by atoms with Crippen LogP contribution in [-0.4, -0.2) is 34.2 Å². The Balaban J connectivity index is 2.04. The molecule has 0 aliphatic rings. The van der Waals surface area contributed by atoms with Crippen molar-refractivity contribution in [2.24, 2.45) is 7.05 Å². The van der Waals surface area contributed by atoms with Gasteiger partial charge in [0.25, 0.3) is 0 Å². The number of aromatic nitrogens is 3. The molecule has 1 aromatic carbocycles. The van der Waals surface area contributed by atoms with E-state index in [-0.39, 0.29) is 0 Å². The van der Waals surface area contributed by atoms with Crippen molar-refractivity contribution in [3.63, 3.8) is 0 Å². The number of rotatable bonds is 6. The third-order valence-corrected chi connectivity index (χ3v) is 4.52. The molecule has 0 radical (unpaired) electrons. The predicted molar refractivity (Wildman–Crippen MR) is 80.5 cm³/mol. The number of hydrogen-bond donors (Lipinski definition) is 0. The van der Waals surface area contributed by atoms with E-state index in [2.05, 4.69) is 50.3 Å². The monoisotopic (exact) mass is 341 g/mol. The van der Waals surface area contributed by atoms with Crippen LogP contribution in [0.1, 0.15) is 11.5 Å². The number of aryl methyl sites for hydroxylation is 1. The van der Waals surface area contributed by atoms with Gasteiger partial charge in [-0.15, -0.1) is 0 Å². The molecule has 0 spiro atoms. The summed E-state index contributed by atoms with van der Waals surface area (Å²) in [6, 6.07) is 8.38. The number of thioether (sulfide) groups is 1. The standard InChI is InChI=1S/C13H16BrN3OS/c1-17-13(15-9-16-17)19-8-11(7-18-2)10-3-5-12(14)6-4-10/h3-6,9,11H,7-8H2,1-2H3. The molecular formula is C13H16BrN3OS. The molecule has 6 heteroatoms. The van der Waals surface area contributed by atoms with Gasteiger partial charge in [-0.3, -0.25) is 0 Å². The van der Waals surface area contributed by atoms with Crippen molar-refractivity contribution in [2.45, 2.75) is 11.1 Å². The number of hydrogen-bond acceptors (Lipinski definition) is 4. The highest BCUT2D eigenvalue weighted by molar-refractivity contribution is 9.10. The first-order valence-corrected chi connectivity index (χ1v) is 7.69. The lowest BCUT2D eigenvalue weighted by Crippen LogP contribution is -2.10. The highest BCUT2D eigenvalue weighted by Crippen LogP contribution is 2.26. The van der Waals surface area contributed by atoms with Crippen molar-refractivity contribution in [3.05, 3.63) is 40.6 Å². The number of methoxy groups -OCH3 is 1. The summed E-state index contributed by atoms with van der Waals surface area (Å²) in [6.45, 7) is 0.701. The lowest BCUT2D eigenvalue weighted by molar-refractivity contribution is 0.185. The Kier molecular flexibility index (Phi) is 5.42. The normalized spacial score (nSPS) is 12.6. The molecule has 1 unspecified atom stereocenters. The molecule has 102 valence electrons. The fraction of sp³-hybridized carbons (Fsp3) is 0.385. The number of ether oxygens (including phenoxy) is 1. The summed E-state index contributed by atoms with van der Waals surface area (Å²) < 4.78 is 8.20. The SMILES string of the molecule is COCC(CSc1ncnn1C)c1ccc(Br)cc1. The first-order chi connectivity index (χ1) is 9.20. The zero-order valence-corrected chi connectivity index (χ0v) is 13.3. The van der Waals surface area contributed by atoms with Gasteiger partial charge < -0.3 is 4.74 Å². The van der Waals surface area contributed by atoms with Gasteiger partial charge in [-0.05, 0) is 17.7 Å². The molecule has 2 aromatic rings. The fourth-order valence-electron chi connectivity index (χ4n) is 1.77. The Morgan fingerprint density at radius 3 is 2.68 bits per heavy atom. The summed E-state index contributed by atoms with van der Waals surface area (Å²) in [4.78, 5) is 4.22. The van der Waals surface area contributed by atoms with Crippen molar-refractivity contribution in [3.8, 4) is 0 Å². The molecule has 19 heavy (non-hydrogen) atoms. The number of benzene rings is 1. The summed E-state index contributed by atoms with van der Waals surface area (Å²) in [7, 11) is 3.64. The summed E-state index contributed by atoms with van der Waals surface area (Å²) in [5.41, 5.74) is 1.28. The van der Waals surface area contributed by atoms with Crippen molar-refractivity contribution in [2.75, 3.05) is 19.5 Å². The molecule has 1 heterocycles. The summed E-state index contributed by atoms with van der Waals surface area (Å²) >= 11 is 5.15. The first-order valence-electron chi connectivity index (χ1n) is 5.92. The molecule has 0 saturated carbocycles. The third-order valence-electron chi connectivity index (χ3n) is 2.79. The molecule has 1 atom stereocenters. The second-order valence-electron chi connectivity index (χ2n) is 4.18. The average Bonchev–Trinajstić information content (AvgIpc) is 2.81. The maximum absolute atomic E-state index is 5.32. The van der Waals surface area contributed by atoms with Gasteiger partial charge in [-0.25, -0.2) is 9.67 Å². The molecule has 2 rings (SSSR count). The molecule has 1 aromatic heterocycles. The highest BCUT2D eigenvalue weighted by Gasteiger charge is 2.13. The van der Waals surface area contributed by atoms with E-state index < -0.39 is 0 Å². The Morgan fingerprint density at radius 1 is 1.37 bits per heavy atom. The molecule has 0 amide bonds. The van der Waals surface area contributed by atoms with E-state index in [4.69, 9.17) is 4.74 Å². The summed E-state index contributed by atoms with van der Waals surface area (Å²) in [6.07, 6.45) is 1.58. The fourth-order valence-corrected chi connectivity index (χ4v) is 3.03. The minimum atomic E-state index is 0.347. The van der Waals surface area contributed by atoms with Gasteiger partial charge in [0.2, 0.25) is 0 Å². The maximum Gasteiger partial charge on any atom is 0.185 e. The Labute approximate surface area is 125 Å². The zero-order chi connectivity index (χ0) is 13.7. The van der Waals surface area contributed by atoms with E-state index in [9.17, 15) is 0 Å². The Bertz CT molecular complexity index is 515. The lowest BCUT2D eigenvalue weighted by Gasteiger charge is -2.15. The number of halogens is 1. The molecular weight excluding hydrogens is 326 g/mol. The van der Waals surface area contributed by atoms with E-state index in [0.717, 1.165) is 15.4 Å². The van der Waals surface area contributed by atoms with Gasteiger partial charge in [0.1, 0.15) is 6.33 Å². The molecule has 0 aliphatic carbocycles. The minimum absolute atomic E-state index is 0.347. The van der Waals surface area contributed by atoms with Gasteiger partial charge in [0.05, 0.1) is 6.61 Å². The van der Waals surface area contributed by atoms with Crippen LogP contribution in [0.4, 0.5) is 0 Å². The van der Waals surface area contributed by atoms with Crippen LogP contribution in [0.3, 0.4) is 0 Å². The van der Waals surface area contributed by atoms with Crippen molar-refractivity contribution < 1.29 is 4.74 Å². The molecule has 4 nitrogen and oxygen atoms in total. The van der Waals surface area contributed by atoms with E-state index in [1.165, 1.54) is 5.56 Å². The molecule has 0 bridgehead atoms. The van der Waals surface area contributed by atoms with E-state index in [0.29, 0.717) is 12.5 Å². The second kappa shape index (κ2) is 7.07. The molecule has 0 N–H and O–H groups in total. The molecule has 0 aliphatic heterocycles. The van der Waals surface area contributed by atoms with Crippen LogP contribution < -0.4 is 0 Å². The van der Waals surface area contributed by atoms with Crippen LogP contribution in [0.15, 0.2) is 40.2 Å². The summed E-state index contributed by atoms with van der Waals surface area (Å²) in [5, 5.41) is 5.00. The summed E-state index contributed by atoms with van der Waals surface area (Å²) in [5.74, 6) is 1.27. The highest BCUT2D eigenvalue weighted by atomic mass is 79.9. The predicted octanol–water partition coefficient (Wildman–Crippen LogP) is 3.10. The first kappa shape index (κ1) is 14.6. The Morgan fingerprint density at radius 2 is 2.11 bits per heavy atom. The third kappa shape index (κ3) is 4.06. The van der Waals surface area contributed by atoms with E-state index in [1.807, 2.05) is 7.05 Å². The Hall–Kier alpha value is -0.850. The van der Waals surface area contributed by atoms with Crippen LogP contribution in [0.25, 0.3) is 0 Å². The zero-order valence-electron chi connectivity index (χ0n) is 10.9. The van der Waals surface area contributed by atoms with Gasteiger partial charge >= 0.3 is 0 Å². The quantitative estimate of drug-likeness (QED) is 0.757. The topological polar surface area (TPSA) is 39.9 Å². The van der Waals surface area contributed by atoms with Crippen molar-refractivity contribution in [1.82, 2.24) is 14.8 Å². The van der Waals surface area contributed by atoms with Crippen LogP contribution >= 0.6 is 27.7 Å². The largest absolute Gasteiger partial charge is 0.384 e. The smallest absolute Gasteiger partial charge is 0.185 e. The average molecular weight is 342 g/mol. The van der Waals surface area contributed by atoms with Gasteiger partial charge in [-0.1, -0.05) is 39.8 Å². The minimum Gasteiger partial charge on any atom is -0.384 e. The van der Waals surface area contributed by atoms with E-state index in [1.54, 1.807) is 29.9 Å². The van der Waals surface area contributed by atoms with Crippen molar-refractivity contribution in [1.29, 1.82) is 0 Å². The van der Waals surface area contributed by atoms with Crippen molar-refractivity contribution >= 4 is 27.7 Å². The van der Waals surface area contributed by atoms with Crippen LogP contribution in [0, 0.1) is 0 Å². The van der Waals surface area contributed by atoms with Gasteiger partial charge in [-0.2, -0.15) is 5.10 Å². The molecule has 0 saturated heterocycles. The lowest BCUT2D eigenvalue weighted by atomic mass is 10.0. The second-order valence-corrected chi connectivity index (χ2v) is 6.08. The van der Waals surface area contributed by atoms with Crippen LogP contribution in [-0.2, 0) is 11.8 Å². The molecule has 0 fully saturated rings. The van der Waals surface area contributed by atoms with E-state index >= 15 is 0 Å². The van der Waals surface area contributed by atoms with Crippen LogP contribution in [0.2, 0.25) is 0 Å².